The molecule has 2 aliphatic rings. The zero-order valence-corrected chi connectivity index (χ0v) is 14.4. The zero-order valence-electron chi connectivity index (χ0n) is 13.6. The van der Waals surface area contributed by atoms with Crippen LogP contribution in [-0.2, 0) is 19.1 Å². The molecule has 0 amide bonds. The van der Waals surface area contributed by atoms with Gasteiger partial charge in [-0.25, -0.2) is 0 Å². The van der Waals surface area contributed by atoms with Crippen LogP contribution in [0.3, 0.4) is 0 Å². The van der Waals surface area contributed by atoms with Gasteiger partial charge in [-0.15, -0.1) is 0 Å². The zero-order chi connectivity index (χ0) is 16.5. The number of carbonyl (C=O) groups excluding carboxylic acids is 1. The van der Waals surface area contributed by atoms with Gasteiger partial charge in [0, 0.05) is 11.8 Å². The van der Waals surface area contributed by atoms with E-state index in [1.165, 1.54) is 0 Å². The summed E-state index contributed by atoms with van der Waals surface area (Å²) in [5.41, 5.74) is 0.0570. The molecule has 0 spiro atoms. The molecule has 0 aromatic heterocycles. The molecule has 2 fully saturated rings. The lowest BCUT2D eigenvalue weighted by molar-refractivity contribution is -0.130. The molecule has 1 aromatic rings. The number of rotatable bonds is 3. The molecule has 4 nitrogen and oxygen atoms in total. The van der Waals surface area contributed by atoms with Gasteiger partial charge in [-0.1, -0.05) is 45.4 Å². The van der Waals surface area contributed by atoms with Crippen molar-refractivity contribution >= 4 is 15.9 Å². The molecule has 3 atom stereocenters. The Balaban J connectivity index is 1.92. The third-order valence-corrected chi connectivity index (χ3v) is 6.72. The highest BCUT2D eigenvalue weighted by atomic mass is 32.2. The second kappa shape index (κ2) is 4.42. The summed E-state index contributed by atoms with van der Waals surface area (Å²) in [5.74, 6) is 0.0162. The average Bonchev–Trinajstić information content (AvgIpc) is 2.89. The summed E-state index contributed by atoms with van der Waals surface area (Å²) in [6, 6.07) is 6.57. The summed E-state index contributed by atoms with van der Waals surface area (Å²) >= 11 is 0. The first kappa shape index (κ1) is 15.7. The normalized spacial score (nSPS) is 31.9. The van der Waals surface area contributed by atoms with E-state index in [-0.39, 0.29) is 27.9 Å². The van der Waals surface area contributed by atoms with Crippen molar-refractivity contribution in [2.45, 2.75) is 45.6 Å². The van der Waals surface area contributed by atoms with Crippen LogP contribution in [0.25, 0.3) is 0 Å². The predicted octanol–water partition coefficient (Wildman–Crippen LogP) is 2.95. The molecule has 0 aliphatic heterocycles. The van der Waals surface area contributed by atoms with Crippen molar-refractivity contribution in [2.75, 3.05) is 0 Å². The van der Waals surface area contributed by atoms with Crippen molar-refractivity contribution in [1.82, 2.24) is 0 Å². The van der Waals surface area contributed by atoms with E-state index in [4.69, 9.17) is 4.18 Å². The molecule has 0 bridgehead atoms. The second-order valence-corrected chi connectivity index (χ2v) is 9.27. The van der Waals surface area contributed by atoms with Crippen molar-refractivity contribution < 1.29 is 17.4 Å². The van der Waals surface area contributed by atoms with Crippen molar-refractivity contribution in [1.29, 1.82) is 0 Å². The van der Waals surface area contributed by atoms with E-state index in [0.29, 0.717) is 0 Å². The standard InChI is InChI=1S/C17H22O4S/c1-10-6-8-11(9-7-10)22(19,20)21-15-13-12(16(13,2)3)14(18)17(15,4)5/h6-9,12-13,15H,1-5H3/t12-,13+,15-/m0/s1. The van der Waals surface area contributed by atoms with Crippen molar-refractivity contribution in [3.8, 4) is 0 Å². The van der Waals surface area contributed by atoms with E-state index in [9.17, 15) is 13.2 Å². The highest BCUT2D eigenvalue weighted by Gasteiger charge is 2.75. The van der Waals surface area contributed by atoms with Gasteiger partial charge in [0.1, 0.15) is 5.78 Å². The molecular formula is C17H22O4S. The molecule has 22 heavy (non-hydrogen) atoms. The van der Waals surface area contributed by atoms with Crippen LogP contribution in [0.4, 0.5) is 0 Å². The first-order chi connectivity index (χ1) is 9.99. The molecule has 5 heteroatoms. The Morgan fingerprint density at radius 1 is 1.05 bits per heavy atom. The van der Waals surface area contributed by atoms with E-state index in [1.54, 1.807) is 38.1 Å². The molecule has 2 saturated carbocycles. The lowest BCUT2D eigenvalue weighted by Gasteiger charge is -2.31. The number of aryl methyl sites for hydroxylation is 1. The number of fused-ring (bicyclic) bond motifs is 1. The maximum Gasteiger partial charge on any atom is 0.297 e. The number of Topliss-reactive ketones (excluding diaryl/α,β-unsaturated/α-hetero) is 1. The van der Waals surface area contributed by atoms with Crippen LogP contribution in [-0.4, -0.2) is 20.3 Å². The van der Waals surface area contributed by atoms with Crippen LogP contribution in [0.15, 0.2) is 29.2 Å². The smallest absolute Gasteiger partial charge is 0.297 e. The molecule has 2 aliphatic carbocycles. The number of ketones is 1. The van der Waals surface area contributed by atoms with Crippen LogP contribution in [0, 0.1) is 29.6 Å². The molecule has 120 valence electrons. The number of hydrogen-bond acceptors (Lipinski definition) is 4. The van der Waals surface area contributed by atoms with Crippen molar-refractivity contribution in [3.05, 3.63) is 29.8 Å². The summed E-state index contributed by atoms with van der Waals surface area (Å²) in [6.45, 7) is 9.47. The average molecular weight is 322 g/mol. The van der Waals surface area contributed by atoms with E-state index in [1.807, 2.05) is 20.8 Å². The monoisotopic (exact) mass is 322 g/mol. The van der Waals surface area contributed by atoms with Gasteiger partial charge >= 0.3 is 0 Å². The second-order valence-electron chi connectivity index (χ2n) is 7.69. The van der Waals surface area contributed by atoms with Gasteiger partial charge in [-0.2, -0.15) is 8.42 Å². The maximum absolute atomic E-state index is 12.5. The Labute approximate surface area is 132 Å². The highest BCUT2D eigenvalue weighted by Crippen LogP contribution is 2.70. The third kappa shape index (κ3) is 2.06. The molecule has 3 rings (SSSR count). The van der Waals surface area contributed by atoms with Crippen LogP contribution in [0.5, 0.6) is 0 Å². The van der Waals surface area contributed by atoms with Crippen molar-refractivity contribution in [3.63, 3.8) is 0 Å². The molecular weight excluding hydrogens is 300 g/mol. The third-order valence-electron chi connectivity index (χ3n) is 5.41. The van der Waals surface area contributed by atoms with Gasteiger partial charge in [0.15, 0.2) is 0 Å². The van der Waals surface area contributed by atoms with Gasteiger partial charge in [0.2, 0.25) is 0 Å². The van der Waals surface area contributed by atoms with E-state index in [2.05, 4.69) is 0 Å². The Morgan fingerprint density at radius 2 is 1.59 bits per heavy atom. The van der Waals surface area contributed by atoms with Gasteiger partial charge < -0.3 is 0 Å². The largest absolute Gasteiger partial charge is 0.299 e. The summed E-state index contributed by atoms with van der Waals surface area (Å²) in [4.78, 5) is 12.6. The van der Waals surface area contributed by atoms with Gasteiger partial charge in [0.05, 0.1) is 16.4 Å². The Morgan fingerprint density at radius 3 is 2.09 bits per heavy atom. The number of carbonyl (C=O) groups is 1. The Bertz CT molecular complexity index is 728. The maximum atomic E-state index is 12.5. The van der Waals surface area contributed by atoms with Gasteiger partial charge in [0.25, 0.3) is 10.1 Å². The Hall–Kier alpha value is -1.20. The molecule has 0 N–H and O–H groups in total. The van der Waals surface area contributed by atoms with Crippen molar-refractivity contribution in [2.24, 2.45) is 22.7 Å². The van der Waals surface area contributed by atoms with Crippen LogP contribution in [0.2, 0.25) is 0 Å². The lowest BCUT2D eigenvalue weighted by atomic mass is 9.79. The minimum atomic E-state index is -3.86. The molecule has 0 unspecified atom stereocenters. The number of hydrogen-bond donors (Lipinski definition) is 0. The van der Waals surface area contributed by atoms with E-state index >= 15 is 0 Å². The van der Waals surface area contributed by atoms with Crippen LogP contribution >= 0.6 is 0 Å². The van der Waals surface area contributed by atoms with E-state index in [0.717, 1.165) is 5.56 Å². The lowest BCUT2D eigenvalue weighted by Crippen LogP contribution is -2.39. The summed E-state index contributed by atoms with van der Waals surface area (Å²) in [6.07, 6.45) is -0.591. The van der Waals surface area contributed by atoms with Crippen LogP contribution in [0.1, 0.15) is 33.3 Å². The first-order valence-electron chi connectivity index (χ1n) is 7.54. The van der Waals surface area contributed by atoms with E-state index < -0.39 is 21.6 Å². The summed E-state index contributed by atoms with van der Waals surface area (Å²) in [7, 11) is -3.86. The fourth-order valence-electron chi connectivity index (χ4n) is 3.81. The summed E-state index contributed by atoms with van der Waals surface area (Å²) in [5, 5.41) is 0. The fourth-order valence-corrected chi connectivity index (χ4v) is 5.02. The fraction of sp³-hybridized carbons (Fsp3) is 0.588. The molecule has 0 heterocycles. The van der Waals surface area contributed by atoms with Gasteiger partial charge in [-0.3, -0.25) is 8.98 Å². The minimum Gasteiger partial charge on any atom is -0.299 e. The molecule has 0 radical (unpaired) electrons. The topological polar surface area (TPSA) is 60.4 Å². The SMILES string of the molecule is Cc1ccc(S(=O)(=O)O[C@H]2[C@H]3[C@@H](C(=O)C2(C)C)C3(C)C)cc1. The summed E-state index contributed by atoms with van der Waals surface area (Å²) < 4.78 is 30.6. The predicted molar refractivity (Wildman–Crippen MR) is 82.8 cm³/mol. The number of benzene rings is 1. The minimum absolute atomic E-state index is 0.0183. The first-order valence-corrected chi connectivity index (χ1v) is 8.94. The quantitative estimate of drug-likeness (QED) is 0.803. The van der Waals surface area contributed by atoms with Crippen LogP contribution < -0.4 is 0 Å². The Kier molecular flexibility index (Phi) is 3.15. The molecule has 0 saturated heterocycles. The van der Waals surface area contributed by atoms with Gasteiger partial charge in [-0.05, 0) is 24.5 Å². The highest BCUT2D eigenvalue weighted by molar-refractivity contribution is 7.86. The molecule has 1 aromatic carbocycles.